The first kappa shape index (κ1) is 13.9. The average Bonchev–Trinajstić information content (AvgIpc) is 2.76. The number of H-pyrrole nitrogens is 1. The van der Waals surface area contributed by atoms with Gasteiger partial charge in [-0.05, 0) is 0 Å². The van der Waals surface area contributed by atoms with Crippen LogP contribution in [-0.2, 0) is 16.6 Å². The fourth-order valence-corrected chi connectivity index (χ4v) is 5.37. The van der Waals surface area contributed by atoms with E-state index in [2.05, 4.69) is 10.2 Å². The highest BCUT2D eigenvalue weighted by molar-refractivity contribution is 8.00. The van der Waals surface area contributed by atoms with Crippen LogP contribution in [0.15, 0.2) is 11.2 Å². The second-order valence-corrected chi connectivity index (χ2v) is 8.26. The Balaban J connectivity index is 2.31. The zero-order valence-electron chi connectivity index (χ0n) is 10.5. The molecule has 3 N–H and O–H groups in total. The molecule has 0 aromatic carbocycles. The molecule has 2 atom stereocenters. The first-order chi connectivity index (χ1) is 8.45. The predicted octanol–water partition coefficient (Wildman–Crippen LogP) is 0.383. The number of thioether (sulfide) groups is 1. The van der Waals surface area contributed by atoms with Crippen molar-refractivity contribution >= 4 is 21.8 Å². The van der Waals surface area contributed by atoms with Gasteiger partial charge in [-0.1, -0.05) is 13.8 Å². The van der Waals surface area contributed by atoms with Crippen LogP contribution in [0.5, 0.6) is 0 Å². The van der Waals surface area contributed by atoms with E-state index in [4.69, 9.17) is 5.73 Å². The van der Waals surface area contributed by atoms with Crippen molar-refractivity contribution in [3.63, 3.8) is 0 Å². The van der Waals surface area contributed by atoms with Crippen LogP contribution in [0.3, 0.4) is 0 Å². The topological polar surface area (TPSA) is 92.1 Å². The Kier molecular flexibility index (Phi) is 4.00. The van der Waals surface area contributed by atoms with Gasteiger partial charge >= 0.3 is 0 Å². The molecular weight excluding hydrogens is 272 g/mol. The highest BCUT2D eigenvalue weighted by Crippen LogP contribution is 2.29. The molecule has 1 fully saturated rings. The lowest BCUT2D eigenvalue weighted by Crippen LogP contribution is -2.44. The Morgan fingerprint density at radius 2 is 2.11 bits per heavy atom. The lowest BCUT2D eigenvalue weighted by Gasteiger charge is -2.33. The number of nitrogens with zero attached hydrogens (tertiary/aromatic N) is 2. The van der Waals surface area contributed by atoms with Crippen molar-refractivity contribution in [2.24, 2.45) is 5.73 Å². The summed E-state index contributed by atoms with van der Waals surface area (Å²) in [5, 5.41) is 7.07. The fourth-order valence-electron chi connectivity index (χ4n) is 2.12. The van der Waals surface area contributed by atoms with Crippen LogP contribution < -0.4 is 5.73 Å². The van der Waals surface area contributed by atoms with Gasteiger partial charge in [0.05, 0.1) is 6.20 Å². The number of nitrogens with one attached hydrogen (secondary N) is 1. The Hall–Kier alpha value is -0.570. The number of hydrogen-bond acceptors (Lipinski definition) is 5. The van der Waals surface area contributed by atoms with Gasteiger partial charge in [0, 0.05) is 35.7 Å². The average molecular weight is 290 g/mol. The maximum atomic E-state index is 12.5. The Labute approximate surface area is 111 Å². The van der Waals surface area contributed by atoms with Crippen molar-refractivity contribution in [3.05, 3.63) is 11.8 Å². The van der Waals surface area contributed by atoms with Gasteiger partial charge in [-0.25, -0.2) is 8.42 Å². The molecule has 1 aromatic rings. The Morgan fingerprint density at radius 3 is 2.67 bits per heavy atom. The fraction of sp³-hybridized carbons (Fsp3) is 0.700. The van der Waals surface area contributed by atoms with E-state index in [0.29, 0.717) is 29.2 Å². The summed E-state index contributed by atoms with van der Waals surface area (Å²) >= 11 is 1.81. The summed E-state index contributed by atoms with van der Waals surface area (Å²) in [5.41, 5.74) is 6.06. The van der Waals surface area contributed by atoms with Gasteiger partial charge in [0.2, 0.25) is 0 Å². The van der Waals surface area contributed by atoms with Gasteiger partial charge < -0.3 is 5.73 Å². The molecule has 18 heavy (non-hydrogen) atoms. The van der Waals surface area contributed by atoms with Gasteiger partial charge in [-0.15, -0.1) is 0 Å². The third kappa shape index (κ3) is 2.56. The second-order valence-electron chi connectivity index (χ2n) is 4.51. The lowest BCUT2D eigenvalue weighted by molar-refractivity contribution is 0.402. The van der Waals surface area contributed by atoms with E-state index in [0.717, 1.165) is 0 Å². The minimum atomic E-state index is -3.51. The summed E-state index contributed by atoms with van der Waals surface area (Å²) in [6.07, 6.45) is 1.47. The van der Waals surface area contributed by atoms with E-state index in [-0.39, 0.29) is 11.6 Å². The third-order valence-electron chi connectivity index (χ3n) is 2.88. The molecule has 0 spiro atoms. The van der Waals surface area contributed by atoms with Gasteiger partial charge in [0.15, 0.2) is 5.03 Å². The van der Waals surface area contributed by atoms with Gasteiger partial charge in [-0.2, -0.15) is 21.2 Å². The molecule has 2 rings (SSSR count). The minimum Gasteiger partial charge on any atom is -0.326 e. The summed E-state index contributed by atoms with van der Waals surface area (Å²) in [7, 11) is -3.51. The number of sulfonamides is 1. The molecule has 1 aliphatic rings. The summed E-state index contributed by atoms with van der Waals surface area (Å²) in [6, 6.07) is 0. The first-order valence-corrected chi connectivity index (χ1v) is 8.21. The van der Waals surface area contributed by atoms with Crippen molar-refractivity contribution < 1.29 is 8.42 Å². The molecule has 0 amide bonds. The Bertz CT molecular complexity index is 504. The van der Waals surface area contributed by atoms with Gasteiger partial charge in [0.1, 0.15) is 0 Å². The molecular formula is C10H18N4O2S2. The van der Waals surface area contributed by atoms with Crippen LogP contribution in [0, 0.1) is 0 Å². The molecule has 1 aromatic heterocycles. The molecule has 102 valence electrons. The zero-order valence-corrected chi connectivity index (χ0v) is 12.1. The molecule has 2 unspecified atom stereocenters. The van der Waals surface area contributed by atoms with E-state index < -0.39 is 10.0 Å². The smallest absolute Gasteiger partial charge is 0.260 e. The van der Waals surface area contributed by atoms with Crippen LogP contribution in [0.25, 0.3) is 0 Å². The summed E-state index contributed by atoms with van der Waals surface area (Å²) < 4.78 is 26.5. The monoisotopic (exact) mass is 290 g/mol. The largest absolute Gasteiger partial charge is 0.326 e. The molecule has 0 radical (unpaired) electrons. The van der Waals surface area contributed by atoms with Crippen molar-refractivity contribution in [1.29, 1.82) is 0 Å². The molecule has 1 saturated heterocycles. The standard InChI is InChI=1S/C10H18N4O2S2/c1-7-5-14(6-8(2)17-7)18(15,16)10-9(3-11)4-12-13-10/h4,7-8H,3,5-6,11H2,1-2H3,(H,12,13). The number of aromatic amines is 1. The summed E-state index contributed by atoms with van der Waals surface area (Å²) in [6.45, 7) is 5.30. The van der Waals surface area contributed by atoms with E-state index in [1.54, 1.807) is 0 Å². The highest BCUT2D eigenvalue weighted by atomic mass is 32.2. The molecule has 8 heteroatoms. The SMILES string of the molecule is CC1CN(S(=O)(=O)c2[nH]ncc2CN)CC(C)S1. The van der Waals surface area contributed by atoms with Gasteiger partial charge in [-0.3, -0.25) is 5.10 Å². The second kappa shape index (κ2) is 5.20. The predicted molar refractivity (Wildman–Crippen MR) is 71.8 cm³/mol. The van der Waals surface area contributed by atoms with Crippen molar-refractivity contribution in [2.75, 3.05) is 13.1 Å². The van der Waals surface area contributed by atoms with Crippen molar-refractivity contribution in [1.82, 2.24) is 14.5 Å². The quantitative estimate of drug-likeness (QED) is 0.840. The third-order valence-corrected chi connectivity index (χ3v) is 5.96. The highest BCUT2D eigenvalue weighted by Gasteiger charge is 2.34. The maximum absolute atomic E-state index is 12.5. The summed E-state index contributed by atoms with van der Waals surface area (Å²) in [5.74, 6) is 0. The lowest BCUT2D eigenvalue weighted by atomic mass is 10.4. The number of nitrogens with two attached hydrogens (primary N) is 1. The molecule has 6 nitrogen and oxygen atoms in total. The first-order valence-electron chi connectivity index (χ1n) is 5.83. The van der Waals surface area contributed by atoms with Crippen LogP contribution in [0.1, 0.15) is 19.4 Å². The van der Waals surface area contributed by atoms with Crippen LogP contribution in [0.2, 0.25) is 0 Å². The van der Waals surface area contributed by atoms with Crippen molar-refractivity contribution in [3.8, 4) is 0 Å². The number of aromatic nitrogens is 2. The maximum Gasteiger partial charge on any atom is 0.260 e. The zero-order chi connectivity index (χ0) is 13.3. The van der Waals surface area contributed by atoms with Gasteiger partial charge in [0.25, 0.3) is 10.0 Å². The van der Waals surface area contributed by atoms with Crippen LogP contribution in [-0.4, -0.2) is 46.5 Å². The van der Waals surface area contributed by atoms with E-state index in [9.17, 15) is 8.42 Å². The molecule has 0 bridgehead atoms. The van der Waals surface area contributed by atoms with E-state index in [1.807, 2.05) is 25.6 Å². The molecule has 2 heterocycles. The van der Waals surface area contributed by atoms with E-state index >= 15 is 0 Å². The van der Waals surface area contributed by atoms with Crippen molar-refractivity contribution in [2.45, 2.75) is 35.9 Å². The number of hydrogen-bond donors (Lipinski definition) is 2. The van der Waals surface area contributed by atoms with Crippen LogP contribution in [0.4, 0.5) is 0 Å². The Morgan fingerprint density at radius 1 is 1.50 bits per heavy atom. The minimum absolute atomic E-state index is 0.135. The molecule has 0 saturated carbocycles. The number of rotatable bonds is 3. The normalized spacial score (nSPS) is 26.4. The molecule has 0 aliphatic carbocycles. The van der Waals surface area contributed by atoms with E-state index in [1.165, 1.54) is 10.5 Å². The summed E-state index contributed by atoms with van der Waals surface area (Å²) in [4.78, 5) is 0. The van der Waals surface area contributed by atoms with Crippen LogP contribution >= 0.6 is 11.8 Å². The molecule has 1 aliphatic heterocycles.